The van der Waals surface area contributed by atoms with Crippen molar-refractivity contribution < 1.29 is 0 Å². The Morgan fingerprint density at radius 2 is 0.938 bits per heavy atom. The van der Waals surface area contributed by atoms with E-state index in [0.29, 0.717) is 0 Å². The minimum absolute atomic E-state index is 0.539. The summed E-state index contributed by atoms with van der Waals surface area (Å²) < 4.78 is 5.24. The molecule has 2 aromatic heterocycles. The third-order valence-electron chi connectivity index (χ3n) is 13.3. The molecule has 65 heavy (non-hydrogen) atoms. The zero-order valence-corrected chi connectivity index (χ0v) is 37.5. The van der Waals surface area contributed by atoms with Crippen LogP contribution in [0.5, 0.6) is 0 Å². The Kier molecular flexibility index (Phi) is 9.56. The molecular formula is C62H43NS2. The molecule has 1 unspecified atom stereocenters. The van der Waals surface area contributed by atoms with E-state index >= 15 is 0 Å². The maximum absolute atomic E-state index is 4.35. The van der Waals surface area contributed by atoms with Crippen molar-refractivity contribution in [3.8, 4) is 22.3 Å². The van der Waals surface area contributed by atoms with Gasteiger partial charge in [-0.25, -0.2) is 0 Å². The van der Waals surface area contributed by atoms with Crippen LogP contribution in [-0.2, 0) is 5.41 Å². The first-order valence-corrected chi connectivity index (χ1v) is 23.9. The van der Waals surface area contributed by atoms with Crippen molar-refractivity contribution in [2.45, 2.75) is 12.3 Å². The van der Waals surface area contributed by atoms with Crippen molar-refractivity contribution in [2.75, 3.05) is 4.90 Å². The zero-order chi connectivity index (χ0) is 43.5. The first-order chi connectivity index (χ1) is 32.1. The lowest BCUT2D eigenvalue weighted by atomic mass is 9.66. The normalized spacial score (nSPS) is 14.8. The van der Waals surface area contributed by atoms with Gasteiger partial charge in [0, 0.05) is 57.4 Å². The number of hydrogen-bond donors (Lipinski definition) is 0. The predicted octanol–water partition coefficient (Wildman–Crippen LogP) is 18.1. The standard InChI is InChI=1S/C62H43NS2/c1-3-18-56-48(4-2)51-25-8-11-32-57(51)62(56,43-21-6-5-7-22-43)44-35-37-45(38-36-44)63(46-23-14-19-41(39-46)49-28-16-30-54-52-26-9-12-33-58(52)64-60(49)54)47-24-15-20-42(40-47)50-29-17-31-55-53-27-10-13-34-59(53)65-61(50)55/h3-40H,2H2,1H3/b18-3-. The van der Waals surface area contributed by atoms with Crippen LogP contribution < -0.4 is 4.90 Å². The first kappa shape index (κ1) is 39.1. The van der Waals surface area contributed by atoms with E-state index in [-0.39, 0.29) is 0 Å². The number of rotatable bonds is 9. The van der Waals surface area contributed by atoms with Gasteiger partial charge in [-0.05, 0) is 111 Å². The van der Waals surface area contributed by atoms with Crippen LogP contribution in [-0.4, -0.2) is 0 Å². The number of hydrogen-bond acceptors (Lipinski definition) is 3. The Balaban J connectivity index is 1.06. The molecule has 0 spiro atoms. The van der Waals surface area contributed by atoms with Gasteiger partial charge in [0.25, 0.3) is 0 Å². The fourth-order valence-electron chi connectivity index (χ4n) is 10.5. The molecule has 2 heterocycles. The van der Waals surface area contributed by atoms with Crippen molar-refractivity contribution in [1.82, 2.24) is 0 Å². The molecule has 0 N–H and O–H groups in total. The first-order valence-electron chi connectivity index (χ1n) is 22.2. The van der Waals surface area contributed by atoms with E-state index in [0.717, 1.165) is 17.1 Å². The van der Waals surface area contributed by atoms with Crippen LogP contribution in [0.3, 0.4) is 0 Å². The average molecular weight is 866 g/mol. The van der Waals surface area contributed by atoms with Crippen LogP contribution in [0.25, 0.3) is 68.2 Å². The third-order valence-corrected chi connectivity index (χ3v) is 15.7. The van der Waals surface area contributed by atoms with Crippen LogP contribution in [0.1, 0.15) is 29.2 Å². The van der Waals surface area contributed by atoms with E-state index in [1.165, 1.54) is 96.0 Å². The number of thiophene rings is 2. The molecule has 0 bridgehead atoms. The Morgan fingerprint density at radius 1 is 0.446 bits per heavy atom. The van der Waals surface area contributed by atoms with Crippen LogP contribution >= 0.6 is 22.7 Å². The van der Waals surface area contributed by atoms with Crippen LogP contribution in [0.2, 0.25) is 0 Å². The molecule has 1 atom stereocenters. The quantitative estimate of drug-likeness (QED) is 0.140. The lowest BCUT2D eigenvalue weighted by Gasteiger charge is -2.35. The largest absolute Gasteiger partial charge is 0.310 e. The van der Waals surface area contributed by atoms with E-state index in [4.69, 9.17) is 0 Å². The molecule has 1 aliphatic rings. The molecule has 0 aliphatic heterocycles. The van der Waals surface area contributed by atoms with Gasteiger partial charge < -0.3 is 4.90 Å². The van der Waals surface area contributed by atoms with Gasteiger partial charge in [0.2, 0.25) is 0 Å². The monoisotopic (exact) mass is 865 g/mol. The van der Waals surface area contributed by atoms with Gasteiger partial charge >= 0.3 is 0 Å². The molecule has 0 fully saturated rings. The molecule has 0 saturated heterocycles. The minimum Gasteiger partial charge on any atom is -0.310 e. The number of allylic oxidation sites excluding steroid dienone is 5. The molecule has 0 saturated carbocycles. The molecule has 308 valence electrons. The highest BCUT2D eigenvalue weighted by molar-refractivity contribution is 7.26. The van der Waals surface area contributed by atoms with Crippen molar-refractivity contribution in [3.05, 3.63) is 265 Å². The second-order valence-electron chi connectivity index (χ2n) is 16.7. The molecule has 12 rings (SSSR count). The maximum Gasteiger partial charge on any atom is 0.0713 e. The van der Waals surface area contributed by atoms with Gasteiger partial charge in [-0.1, -0.05) is 189 Å². The number of benzene rings is 9. The van der Waals surface area contributed by atoms with Crippen LogP contribution in [0.15, 0.2) is 243 Å². The summed E-state index contributed by atoms with van der Waals surface area (Å²) in [6, 6.07) is 78.4. The van der Waals surface area contributed by atoms with Crippen molar-refractivity contribution in [1.29, 1.82) is 0 Å². The summed E-state index contributed by atoms with van der Waals surface area (Å²) >= 11 is 3.75. The highest BCUT2D eigenvalue weighted by Gasteiger charge is 2.46. The Hall–Kier alpha value is -7.56. The lowest BCUT2D eigenvalue weighted by molar-refractivity contribution is 0.761. The second-order valence-corrected chi connectivity index (χ2v) is 18.8. The summed E-state index contributed by atoms with van der Waals surface area (Å²) in [5, 5.41) is 5.22. The summed E-state index contributed by atoms with van der Waals surface area (Å²) in [6.07, 6.45) is 6.49. The number of fused-ring (bicyclic) bond motifs is 7. The summed E-state index contributed by atoms with van der Waals surface area (Å²) in [5.41, 5.74) is 14.9. The smallest absolute Gasteiger partial charge is 0.0713 e. The topological polar surface area (TPSA) is 3.24 Å². The molecule has 3 heteroatoms. The maximum atomic E-state index is 4.35. The van der Waals surface area contributed by atoms with E-state index in [2.05, 4.69) is 243 Å². The van der Waals surface area contributed by atoms with E-state index < -0.39 is 5.41 Å². The lowest BCUT2D eigenvalue weighted by Crippen LogP contribution is -2.29. The Morgan fingerprint density at radius 3 is 1.52 bits per heavy atom. The SMILES string of the molecule is C=CC1=C(/C=C\C)C(c2ccccc2)(c2ccc(N(c3cccc(-c4cccc5c4sc4ccccc45)c3)c3cccc(-c4cccc5c4sc4ccccc45)c3)cc2)c2ccccc21. The van der Waals surface area contributed by atoms with Gasteiger partial charge in [0.05, 0.1) is 5.41 Å². The highest BCUT2D eigenvalue weighted by Crippen LogP contribution is 2.56. The molecule has 0 amide bonds. The Bertz CT molecular complexity index is 3540. The van der Waals surface area contributed by atoms with Gasteiger partial charge in [0.15, 0.2) is 0 Å². The molecule has 9 aromatic carbocycles. The molecule has 1 nitrogen and oxygen atoms in total. The highest BCUT2D eigenvalue weighted by atomic mass is 32.1. The third kappa shape index (κ3) is 6.19. The van der Waals surface area contributed by atoms with E-state index in [1.54, 1.807) is 0 Å². The van der Waals surface area contributed by atoms with E-state index in [9.17, 15) is 0 Å². The molecule has 1 aliphatic carbocycles. The minimum atomic E-state index is -0.539. The second kappa shape index (κ2) is 15.9. The van der Waals surface area contributed by atoms with Gasteiger partial charge in [-0.2, -0.15) is 0 Å². The fourth-order valence-corrected chi connectivity index (χ4v) is 13.0. The van der Waals surface area contributed by atoms with Crippen molar-refractivity contribution in [2.24, 2.45) is 0 Å². The Labute approximate surface area is 387 Å². The molecule has 11 aromatic rings. The van der Waals surface area contributed by atoms with Crippen LogP contribution in [0.4, 0.5) is 17.1 Å². The fraction of sp³-hybridized carbons (Fsp3) is 0.0323. The van der Waals surface area contributed by atoms with Crippen LogP contribution in [0, 0.1) is 0 Å². The van der Waals surface area contributed by atoms with Gasteiger partial charge in [-0.15, -0.1) is 22.7 Å². The van der Waals surface area contributed by atoms with Crippen molar-refractivity contribution >= 4 is 85.7 Å². The summed E-state index contributed by atoms with van der Waals surface area (Å²) in [6.45, 7) is 6.46. The number of anilines is 3. The van der Waals surface area contributed by atoms with E-state index in [1.807, 2.05) is 28.7 Å². The van der Waals surface area contributed by atoms with Gasteiger partial charge in [0.1, 0.15) is 0 Å². The zero-order valence-electron chi connectivity index (χ0n) is 35.9. The summed E-state index contributed by atoms with van der Waals surface area (Å²) in [7, 11) is 0. The van der Waals surface area contributed by atoms with Crippen molar-refractivity contribution in [3.63, 3.8) is 0 Å². The predicted molar refractivity (Wildman–Crippen MR) is 282 cm³/mol. The average Bonchev–Trinajstić information content (AvgIpc) is 4.03. The number of nitrogens with zero attached hydrogens (tertiary/aromatic N) is 1. The van der Waals surface area contributed by atoms with Gasteiger partial charge in [-0.3, -0.25) is 0 Å². The summed E-state index contributed by atoms with van der Waals surface area (Å²) in [5.74, 6) is 0. The molecular weight excluding hydrogens is 823 g/mol. The molecule has 0 radical (unpaired) electrons. The summed E-state index contributed by atoms with van der Waals surface area (Å²) in [4.78, 5) is 2.43.